The van der Waals surface area contributed by atoms with Crippen molar-refractivity contribution < 1.29 is 19.1 Å². The second-order valence-corrected chi connectivity index (χ2v) is 9.14. The summed E-state index contributed by atoms with van der Waals surface area (Å²) in [7, 11) is 1.31. The molecule has 1 unspecified atom stereocenters. The molecule has 1 fully saturated rings. The average molecular weight is 516 g/mol. The Morgan fingerprint density at radius 1 is 0.865 bits per heavy atom. The maximum Gasteiger partial charge on any atom is 0.337 e. The van der Waals surface area contributed by atoms with E-state index in [9.17, 15) is 14.4 Å². The highest BCUT2D eigenvalue weighted by molar-refractivity contribution is 7.80. The number of nitrogens with zero attached hydrogens (tertiary/aromatic N) is 2. The topological polar surface area (TPSA) is 78.9 Å². The van der Waals surface area contributed by atoms with Gasteiger partial charge < -0.3 is 15.0 Å². The number of carbonyl (C=O) groups excluding carboxylic acids is 3. The second kappa shape index (κ2) is 12.3. The molecule has 37 heavy (non-hydrogen) atoms. The number of methoxy groups -OCH3 is 1. The van der Waals surface area contributed by atoms with Crippen molar-refractivity contribution in [2.75, 3.05) is 25.5 Å². The van der Waals surface area contributed by atoms with E-state index in [0.29, 0.717) is 42.3 Å². The molecule has 0 aliphatic carbocycles. The van der Waals surface area contributed by atoms with Crippen molar-refractivity contribution in [2.45, 2.75) is 25.3 Å². The molecule has 0 aromatic heterocycles. The lowest BCUT2D eigenvalue weighted by molar-refractivity contribution is -0.130. The molecule has 2 amide bonds. The number of ether oxygens (including phenoxy) is 1. The van der Waals surface area contributed by atoms with Gasteiger partial charge in [0.2, 0.25) is 5.91 Å². The fraction of sp³-hybridized carbons (Fsp3) is 0.241. The third-order valence-electron chi connectivity index (χ3n) is 6.32. The molecule has 1 atom stereocenters. The molecule has 3 aromatic carbocycles. The maximum atomic E-state index is 13.5. The summed E-state index contributed by atoms with van der Waals surface area (Å²) in [5.74, 6) is -0.917. The van der Waals surface area contributed by atoms with Crippen LogP contribution in [0.15, 0.2) is 84.9 Å². The van der Waals surface area contributed by atoms with Gasteiger partial charge in [0, 0.05) is 18.8 Å². The molecule has 0 saturated carbocycles. The molecule has 1 N–H and O–H groups in total. The first kappa shape index (κ1) is 26.0. The molecule has 190 valence electrons. The fourth-order valence-corrected chi connectivity index (χ4v) is 4.73. The third kappa shape index (κ3) is 6.59. The first-order chi connectivity index (χ1) is 18.0. The van der Waals surface area contributed by atoms with Crippen LogP contribution in [0.5, 0.6) is 0 Å². The lowest BCUT2D eigenvalue weighted by Gasteiger charge is -2.24. The van der Waals surface area contributed by atoms with Gasteiger partial charge in [0.1, 0.15) is 6.04 Å². The number of anilines is 1. The number of amides is 2. The lowest BCUT2D eigenvalue weighted by Crippen LogP contribution is -2.39. The molecular weight excluding hydrogens is 486 g/mol. The summed E-state index contributed by atoms with van der Waals surface area (Å²) in [6.45, 7) is 0.985. The Labute approximate surface area is 222 Å². The van der Waals surface area contributed by atoms with Gasteiger partial charge in [-0.25, -0.2) is 4.79 Å². The number of benzene rings is 3. The Bertz CT molecular complexity index is 1250. The highest BCUT2D eigenvalue weighted by Gasteiger charge is 2.42. The monoisotopic (exact) mass is 515 g/mol. The van der Waals surface area contributed by atoms with Crippen LogP contribution in [0.4, 0.5) is 5.69 Å². The number of hydrogen-bond acceptors (Lipinski definition) is 5. The van der Waals surface area contributed by atoms with Crippen LogP contribution in [0.3, 0.4) is 0 Å². The van der Waals surface area contributed by atoms with Crippen LogP contribution in [0.25, 0.3) is 0 Å². The Morgan fingerprint density at radius 3 is 2.00 bits per heavy atom. The molecule has 0 spiro atoms. The van der Waals surface area contributed by atoms with E-state index in [1.165, 1.54) is 7.11 Å². The van der Waals surface area contributed by atoms with E-state index < -0.39 is 12.0 Å². The van der Waals surface area contributed by atoms with Crippen LogP contribution in [0, 0.1) is 0 Å². The number of rotatable bonds is 10. The molecule has 0 bridgehead atoms. The average Bonchev–Trinajstić information content (AvgIpc) is 3.15. The van der Waals surface area contributed by atoms with Crippen molar-refractivity contribution in [2.24, 2.45) is 0 Å². The van der Waals surface area contributed by atoms with Gasteiger partial charge >= 0.3 is 5.97 Å². The van der Waals surface area contributed by atoms with Crippen LogP contribution in [0.1, 0.15) is 27.9 Å². The summed E-state index contributed by atoms with van der Waals surface area (Å²) >= 11 is 5.74. The van der Waals surface area contributed by atoms with Crippen molar-refractivity contribution >= 4 is 40.8 Å². The molecule has 7 nitrogen and oxygen atoms in total. The lowest BCUT2D eigenvalue weighted by atomic mass is 10.1. The van der Waals surface area contributed by atoms with Gasteiger partial charge in [0.25, 0.3) is 5.91 Å². The van der Waals surface area contributed by atoms with Crippen molar-refractivity contribution in [3.63, 3.8) is 0 Å². The summed E-state index contributed by atoms with van der Waals surface area (Å²) in [6, 6.07) is 25.7. The Kier molecular flexibility index (Phi) is 8.64. The van der Waals surface area contributed by atoms with Crippen LogP contribution < -0.4 is 5.32 Å². The minimum absolute atomic E-state index is 0.0334. The van der Waals surface area contributed by atoms with Gasteiger partial charge in [-0.3, -0.25) is 14.5 Å². The van der Waals surface area contributed by atoms with E-state index in [-0.39, 0.29) is 18.2 Å². The quantitative estimate of drug-likeness (QED) is 0.324. The first-order valence-corrected chi connectivity index (χ1v) is 12.5. The van der Waals surface area contributed by atoms with Gasteiger partial charge in [-0.2, -0.15) is 0 Å². The molecule has 8 heteroatoms. The van der Waals surface area contributed by atoms with Gasteiger partial charge in [-0.1, -0.05) is 60.7 Å². The largest absolute Gasteiger partial charge is 0.465 e. The van der Waals surface area contributed by atoms with Crippen molar-refractivity contribution in [1.29, 1.82) is 0 Å². The molecule has 1 heterocycles. The van der Waals surface area contributed by atoms with Crippen LogP contribution >= 0.6 is 12.2 Å². The molecular formula is C29H29N3O4S. The van der Waals surface area contributed by atoms with E-state index in [4.69, 9.17) is 17.0 Å². The minimum Gasteiger partial charge on any atom is -0.465 e. The number of carbonyl (C=O) groups is 3. The summed E-state index contributed by atoms with van der Waals surface area (Å²) in [4.78, 5) is 41.6. The summed E-state index contributed by atoms with van der Waals surface area (Å²) in [5, 5.41) is 3.28. The van der Waals surface area contributed by atoms with E-state index >= 15 is 0 Å². The zero-order chi connectivity index (χ0) is 26.2. The number of esters is 1. The van der Waals surface area contributed by atoms with Crippen LogP contribution in [-0.4, -0.2) is 58.9 Å². The highest BCUT2D eigenvalue weighted by atomic mass is 32.1. The molecule has 1 aliphatic rings. The highest BCUT2D eigenvalue weighted by Crippen LogP contribution is 2.23. The fourth-order valence-electron chi connectivity index (χ4n) is 4.33. The van der Waals surface area contributed by atoms with Gasteiger partial charge in [0.15, 0.2) is 5.11 Å². The second-order valence-electron chi connectivity index (χ2n) is 8.77. The Morgan fingerprint density at radius 2 is 1.43 bits per heavy atom. The number of hydrogen-bond donors (Lipinski definition) is 1. The van der Waals surface area contributed by atoms with Crippen molar-refractivity contribution in [1.82, 2.24) is 9.80 Å². The zero-order valence-electron chi connectivity index (χ0n) is 20.6. The van der Waals surface area contributed by atoms with Gasteiger partial charge in [-0.05, 0) is 60.5 Å². The zero-order valence-corrected chi connectivity index (χ0v) is 21.4. The van der Waals surface area contributed by atoms with Gasteiger partial charge in [0.05, 0.1) is 19.1 Å². The van der Waals surface area contributed by atoms with E-state index in [0.717, 1.165) is 11.1 Å². The normalized spacial score (nSPS) is 15.1. The van der Waals surface area contributed by atoms with E-state index in [1.807, 2.05) is 65.6 Å². The van der Waals surface area contributed by atoms with Crippen LogP contribution in [-0.2, 0) is 27.2 Å². The van der Waals surface area contributed by atoms with Crippen molar-refractivity contribution in [3.05, 3.63) is 102 Å². The smallest absolute Gasteiger partial charge is 0.337 e. The molecule has 4 rings (SSSR count). The predicted molar refractivity (Wildman–Crippen MR) is 146 cm³/mol. The standard InChI is InChI=1S/C29H29N3O4S/c1-36-28(35)23-12-14-24(15-13-23)30-26(33)20-25-27(34)32(19-17-22-10-6-3-7-11-22)29(37)31(25)18-16-21-8-4-2-5-9-21/h2-15,25H,16-20H2,1H3,(H,30,33). The summed E-state index contributed by atoms with van der Waals surface area (Å²) < 4.78 is 4.71. The van der Waals surface area contributed by atoms with E-state index in [2.05, 4.69) is 5.32 Å². The Hall–Kier alpha value is -4.04. The molecule has 3 aromatic rings. The predicted octanol–water partition coefficient (Wildman–Crippen LogP) is 4.08. The van der Waals surface area contributed by atoms with Crippen molar-refractivity contribution in [3.8, 4) is 0 Å². The minimum atomic E-state index is -0.679. The maximum absolute atomic E-state index is 13.5. The van der Waals surface area contributed by atoms with Crippen LogP contribution in [0.2, 0.25) is 0 Å². The Balaban J connectivity index is 1.45. The molecule has 1 saturated heterocycles. The summed E-state index contributed by atoms with van der Waals surface area (Å²) in [6.07, 6.45) is 1.34. The molecule has 0 radical (unpaired) electrons. The van der Waals surface area contributed by atoms with Gasteiger partial charge in [-0.15, -0.1) is 0 Å². The third-order valence-corrected chi connectivity index (χ3v) is 6.78. The number of nitrogens with one attached hydrogen (secondary N) is 1. The summed E-state index contributed by atoms with van der Waals surface area (Å²) in [5.41, 5.74) is 3.17. The number of thiocarbonyl (C=S) groups is 1. The first-order valence-electron chi connectivity index (χ1n) is 12.1. The van der Waals surface area contributed by atoms with E-state index in [1.54, 1.807) is 29.2 Å². The molecule has 1 aliphatic heterocycles. The SMILES string of the molecule is COC(=O)c1ccc(NC(=O)CC2C(=O)N(CCc3ccccc3)C(=S)N2CCc2ccccc2)cc1.